The summed E-state index contributed by atoms with van der Waals surface area (Å²) in [5.74, 6) is 0.890. The molecule has 1 aliphatic rings. The van der Waals surface area contributed by atoms with E-state index in [1.807, 2.05) is 42.2 Å². The number of likely N-dealkylation sites (tertiary alicyclic amines) is 1. The molecule has 7 heteroatoms. The van der Waals surface area contributed by atoms with Crippen LogP contribution in [0.3, 0.4) is 0 Å². The normalized spacial score (nSPS) is 15.5. The van der Waals surface area contributed by atoms with Gasteiger partial charge in [0.15, 0.2) is 0 Å². The summed E-state index contributed by atoms with van der Waals surface area (Å²) in [6, 6.07) is 9.88. The van der Waals surface area contributed by atoms with Gasteiger partial charge in [-0.2, -0.15) is 5.10 Å². The second-order valence-corrected chi connectivity index (χ2v) is 6.28. The Morgan fingerprint density at radius 2 is 2.00 bits per heavy atom. The summed E-state index contributed by atoms with van der Waals surface area (Å²) >= 11 is 0. The van der Waals surface area contributed by atoms with Crippen LogP contribution in [0.4, 0.5) is 0 Å². The lowest BCUT2D eigenvalue weighted by Gasteiger charge is -2.30. The van der Waals surface area contributed by atoms with Crippen molar-refractivity contribution in [1.82, 2.24) is 25.3 Å². The zero-order chi connectivity index (χ0) is 17.2. The number of aromatic nitrogens is 4. The number of piperidine rings is 1. The minimum Gasteiger partial charge on any atom is -0.428 e. The standard InChI is InChI=1S/C18H19N5O2/c1-12-15(13-5-3-2-4-6-13)20-21-16(12)18(24)23-9-7-14(8-10-23)17-22-19-11-25-17/h2-6,11,14H,7-10H2,1H3,(H,20,21). The van der Waals surface area contributed by atoms with E-state index in [0.29, 0.717) is 24.7 Å². The summed E-state index contributed by atoms with van der Waals surface area (Å²) in [6.45, 7) is 3.28. The maximum atomic E-state index is 12.9. The zero-order valence-electron chi connectivity index (χ0n) is 14.0. The highest BCUT2D eigenvalue weighted by atomic mass is 16.4. The third-order valence-electron chi connectivity index (χ3n) is 4.78. The molecule has 0 spiro atoms. The molecule has 1 amide bonds. The molecule has 0 unspecified atom stereocenters. The van der Waals surface area contributed by atoms with Crippen LogP contribution in [0.1, 0.15) is 40.7 Å². The number of H-pyrrole nitrogens is 1. The Morgan fingerprint density at radius 1 is 1.24 bits per heavy atom. The van der Waals surface area contributed by atoms with Gasteiger partial charge in [-0.15, -0.1) is 10.2 Å². The molecular weight excluding hydrogens is 318 g/mol. The number of nitrogens with one attached hydrogen (secondary N) is 1. The molecule has 0 radical (unpaired) electrons. The first-order valence-electron chi connectivity index (χ1n) is 8.39. The number of rotatable bonds is 3. The molecule has 2 aromatic heterocycles. The molecule has 128 valence electrons. The van der Waals surface area contributed by atoms with Crippen molar-refractivity contribution in [2.45, 2.75) is 25.7 Å². The molecular formula is C18H19N5O2. The summed E-state index contributed by atoms with van der Waals surface area (Å²) in [4.78, 5) is 14.7. The van der Waals surface area contributed by atoms with Gasteiger partial charge in [-0.25, -0.2) is 0 Å². The van der Waals surface area contributed by atoms with Gasteiger partial charge in [0.2, 0.25) is 12.3 Å². The molecule has 1 aliphatic heterocycles. The molecule has 7 nitrogen and oxygen atoms in total. The van der Waals surface area contributed by atoms with E-state index in [9.17, 15) is 4.79 Å². The molecule has 0 aliphatic carbocycles. The number of nitrogens with zero attached hydrogens (tertiary/aromatic N) is 4. The topological polar surface area (TPSA) is 87.9 Å². The van der Waals surface area contributed by atoms with Gasteiger partial charge < -0.3 is 9.32 Å². The van der Waals surface area contributed by atoms with Gasteiger partial charge in [-0.05, 0) is 19.8 Å². The Morgan fingerprint density at radius 3 is 2.68 bits per heavy atom. The van der Waals surface area contributed by atoms with Crippen LogP contribution in [0, 0.1) is 6.92 Å². The molecule has 3 aromatic rings. The van der Waals surface area contributed by atoms with Crippen molar-refractivity contribution < 1.29 is 9.21 Å². The Balaban J connectivity index is 1.48. The van der Waals surface area contributed by atoms with Crippen LogP contribution in [0.15, 0.2) is 41.1 Å². The lowest BCUT2D eigenvalue weighted by molar-refractivity contribution is 0.0699. The van der Waals surface area contributed by atoms with Gasteiger partial charge in [0.25, 0.3) is 5.91 Å². The third-order valence-corrected chi connectivity index (χ3v) is 4.78. The molecule has 1 N–H and O–H groups in total. The first-order valence-corrected chi connectivity index (χ1v) is 8.39. The maximum absolute atomic E-state index is 12.9. The molecule has 0 atom stereocenters. The van der Waals surface area contributed by atoms with E-state index in [2.05, 4.69) is 20.4 Å². The maximum Gasteiger partial charge on any atom is 0.272 e. The minimum atomic E-state index is -0.00356. The van der Waals surface area contributed by atoms with Crippen molar-refractivity contribution in [2.75, 3.05) is 13.1 Å². The summed E-state index contributed by atoms with van der Waals surface area (Å²) in [5, 5.41) is 15.0. The van der Waals surface area contributed by atoms with Crippen LogP contribution in [0.25, 0.3) is 11.3 Å². The Hall–Kier alpha value is -2.96. The SMILES string of the molecule is Cc1c(-c2ccccc2)n[nH]c1C(=O)N1CCC(c2nnco2)CC1. The lowest BCUT2D eigenvalue weighted by atomic mass is 9.96. The summed E-state index contributed by atoms with van der Waals surface area (Å²) in [6.07, 6.45) is 3.01. The fourth-order valence-corrected chi connectivity index (χ4v) is 3.33. The number of carbonyl (C=O) groups excluding carboxylic acids is 1. The lowest BCUT2D eigenvalue weighted by Crippen LogP contribution is -2.38. The molecule has 3 heterocycles. The number of hydrogen-bond donors (Lipinski definition) is 1. The molecule has 25 heavy (non-hydrogen) atoms. The van der Waals surface area contributed by atoms with Crippen LogP contribution in [0.5, 0.6) is 0 Å². The Labute approximate surface area is 145 Å². The number of carbonyl (C=O) groups is 1. The second kappa shape index (κ2) is 6.51. The minimum absolute atomic E-state index is 0.00356. The molecule has 0 saturated carbocycles. The Kier molecular flexibility index (Phi) is 4.05. The van der Waals surface area contributed by atoms with Crippen molar-refractivity contribution >= 4 is 5.91 Å². The predicted octanol–water partition coefficient (Wildman–Crippen LogP) is 2.79. The monoisotopic (exact) mass is 337 g/mol. The smallest absolute Gasteiger partial charge is 0.272 e. The number of benzene rings is 1. The highest BCUT2D eigenvalue weighted by molar-refractivity contribution is 5.95. The van der Waals surface area contributed by atoms with Crippen LogP contribution < -0.4 is 0 Å². The molecule has 1 aromatic carbocycles. The fourth-order valence-electron chi connectivity index (χ4n) is 3.33. The van der Waals surface area contributed by atoms with Gasteiger partial charge in [0.05, 0.1) is 5.69 Å². The molecule has 1 saturated heterocycles. The largest absolute Gasteiger partial charge is 0.428 e. The van der Waals surface area contributed by atoms with E-state index in [-0.39, 0.29) is 11.8 Å². The zero-order valence-corrected chi connectivity index (χ0v) is 14.0. The van der Waals surface area contributed by atoms with Crippen LogP contribution in [-0.2, 0) is 0 Å². The number of hydrogen-bond acceptors (Lipinski definition) is 5. The van der Waals surface area contributed by atoms with Crippen LogP contribution in [-0.4, -0.2) is 44.3 Å². The van der Waals surface area contributed by atoms with Crippen molar-refractivity contribution in [3.05, 3.63) is 53.9 Å². The summed E-state index contributed by atoms with van der Waals surface area (Å²) in [5.41, 5.74) is 3.28. The first kappa shape index (κ1) is 15.6. The van der Waals surface area contributed by atoms with Gasteiger partial charge in [0.1, 0.15) is 5.69 Å². The predicted molar refractivity (Wildman–Crippen MR) is 90.9 cm³/mol. The van der Waals surface area contributed by atoms with Crippen molar-refractivity contribution in [3.8, 4) is 11.3 Å². The van der Waals surface area contributed by atoms with Crippen molar-refractivity contribution in [3.63, 3.8) is 0 Å². The fraction of sp³-hybridized carbons (Fsp3) is 0.333. The summed E-state index contributed by atoms with van der Waals surface area (Å²) < 4.78 is 5.28. The first-order chi connectivity index (χ1) is 12.2. The third kappa shape index (κ3) is 2.93. The van der Waals surface area contributed by atoms with Crippen LogP contribution >= 0.6 is 0 Å². The van der Waals surface area contributed by atoms with Crippen molar-refractivity contribution in [1.29, 1.82) is 0 Å². The van der Waals surface area contributed by atoms with Gasteiger partial charge in [-0.1, -0.05) is 30.3 Å². The highest BCUT2D eigenvalue weighted by Gasteiger charge is 2.29. The second-order valence-electron chi connectivity index (χ2n) is 6.28. The van der Waals surface area contributed by atoms with E-state index in [0.717, 1.165) is 29.7 Å². The average molecular weight is 337 g/mol. The molecule has 1 fully saturated rings. The van der Waals surface area contributed by atoms with Crippen LogP contribution in [0.2, 0.25) is 0 Å². The van der Waals surface area contributed by atoms with E-state index in [1.165, 1.54) is 6.39 Å². The van der Waals surface area contributed by atoms with Gasteiger partial charge in [-0.3, -0.25) is 9.89 Å². The average Bonchev–Trinajstić information content (AvgIpc) is 3.32. The van der Waals surface area contributed by atoms with E-state index >= 15 is 0 Å². The molecule has 0 bridgehead atoms. The summed E-state index contributed by atoms with van der Waals surface area (Å²) in [7, 11) is 0. The van der Waals surface area contributed by atoms with E-state index < -0.39 is 0 Å². The Bertz CT molecular complexity index is 849. The number of aromatic amines is 1. The van der Waals surface area contributed by atoms with E-state index in [1.54, 1.807) is 0 Å². The van der Waals surface area contributed by atoms with Crippen molar-refractivity contribution in [2.24, 2.45) is 0 Å². The van der Waals surface area contributed by atoms with Gasteiger partial charge >= 0.3 is 0 Å². The number of amides is 1. The highest BCUT2D eigenvalue weighted by Crippen LogP contribution is 2.28. The van der Waals surface area contributed by atoms with Gasteiger partial charge in [0, 0.05) is 30.1 Å². The quantitative estimate of drug-likeness (QED) is 0.794. The molecule has 4 rings (SSSR count). The van der Waals surface area contributed by atoms with E-state index in [4.69, 9.17) is 4.42 Å².